The molecular weight excluding hydrogens is 380 g/mol. The Morgan fingerprint density at radius 1 is 0.900 bits per heavy atom. The maximum atomic E-state index is 12.7. The Hall–Kier alpha value is -3.15. The first-order valence-corrected chi connectivity index (χ1v) is 10.0. The summed E-state index contributed by atoms with van der Waals surface area (Å²) in [4.78, 5) is 37.8. The molecule has 2 aromatic carbocycles. The molecule has 0 aliphatic heterocycles. The average Bonchev–Trinajstić information content (AvgIpc) is 2.67. The quantitative estimate of drug-likeness (QED) is 0.677. The van der Waals surface area contributed by atoms with E-state index in [9.17, 15) is 14.4 Å². The lowest BCUT2D eigenvalue weighted by Crippen LogP contribution is -2.47. The highest BCUT2D eigenvalue weighted by Gasteiger charge is 2.29. The van der Waals surface area contributed by atoms with Crippen molar-refractivity contribution in [3.8, 4) is 0 Å². The molecule has 0 aliphatic carbocycles. The van der Waals surface area contributed by atoms with Crippen LogP contribution in [0.4, 0.5) is 5.69 Å². The summed E-state index contributed by atoms with van der Waals surface area (Å²) in [7, 11) is 0. The van der Waals surface area contributed by atoms with Crippen molar-refractivity contribution in [3.05, 3.63) is 64.7 Å². The number of nitrogens with one attached hydrogen (secondary N) is 2. The highest BCUT2D eigenvalue weighted by atomic mass is 16.5. The fourth-order valence-electron chi connectivity index (χ4n) is 3.03. The zero-order valence-corrected chi connectivity index (χ0v) is 18.4. The van der Waals surface area contributed by atoms with Crippen molar-refractivity contribution in [1.29, 1.82) is 0 Å². The topological polar surface area (TPSA) is 84.5 Å². The lowest BCUT2D eigenvalue weighted by Gasteiger charge is -2.23. The van der Waals surface area contributed by atoms with E-state index in [4.69, 9.17) is 4.74 Å². The molecular formula is C24H30N2O4. The number of carbonyl (C=O) groups is 3. The van der Waals surface area contributed by atoms with Crippen LogP contribution >= 0.6 is 0 Å². The van der Waals surface area contributed by atoms with Crippen molar-refractivity contribution in [2.45, 2.75) is 53.7 Å². The molecule has 0 saturated heterocycles. The normalized spacial score (nSPS) is 12.8. The van der Waals surface area contributed by atoms with Crippen LogP contribution < -0.4 is 10.6 Å². The maximum absolute atomic E-state index is 12.7. The van der Waals surface area contributed by atoms with Gasteiger partial charge in [-0.25, -0.2) is 4.79 Å². The van der Waals surface area contributed by atoms with Crippen LogP contribution in [0.1, 0.15) is 47.8 Å². The Kier molecular flexibility index (Phi) is 7.75. The second-order valence-corrected chi connectivity index (χ2v) is 7.90. The van der Waals surface area contributed by atoms with Gasteiger partial charge in [0.15, 0.2) is 6.10 Å². The number of amides is 2. The average molecular weight is 411 g/mol. The van der Waals surface area contributed by atoms with Gasteiger partial charge in [-0.05, 0) is 56.9 Å². The molecule has 30 heavy (non-hydrogen) atoms. The smallest absolute Gasteiger partial charge is 0.329 e. The van der Waals surface area contributed by atoms with Gasteiger partial charge in [-0.15, -0.1) is 0 Å². The third-order valence-corrected chi connectivity index (χ3v) is 4.90. The molecule has 2 N–H and O–H groups in total. The van der Waals surface area contributed by atoms with E-state index in [1.54, 1.807) is 12.1 Å². The maximum Gasteiger partial charge on any atom is 0.329 e. The predicted octanol–water partition coefficient (Wildman–Crippen LogP) is 3.94. The monoisotopic (exact) mass is 410 g/mol. The highest BCUT2D eigenvalue weighted by molar-refractivity contribution is 5.99. The van der Waals surface area contributed by atoms with E-state index in [1.807, 2.05) is 65.0 Å². The van der Waals surface area contributed by atoms with E-state index in [-0.39, 0.29) is 11.8 Å². The van der Waals surface area contributed by atoms with Gasteiger partial charge in [0.25, 0.3) is 11.8 Å². The highest BCUT2D eigenvalue weighted by Crippen LogP contribution is 2.17. The summed E-state index contributed by atoms with van der Waals surface area (Å²) >= 11 is 0. The Balaban J connectivity index is 2.03. The third-order valence-electron chi connectivity index (χ3n) is 4.90. The van der Waals surface area contributed by atoms with Crippen LogP contribution in [0, 0.1) is 26.7 Å². The minimum atomic E-state index is -1.00. The molecule has 0 bridgehead atoms. The van der Waals surface area contributed by atoms with E-state index in [1.165, 1.54) is 6.92 Å². The van der Waals surface area contributed by atoms with Crippen molar-refractivity contribution >= 4 is 23.5 Å². The Bertz CT molecular complexity index is 937. The first-order chi connectivity index (χ1) is 14.1. The Morgan fingerprint density at radius 3 is 2.17 bits per heavy atom. The van der Waals surface area contributed by atoms with Gasteiger partial charge in [0.1, 0.15) is 6.04 Å². The van der Waals surface area contributed by atoms with Crippen LogP contribution in [-0.2, 0) is 14.3 Å². The van der Waals surface area contributed by atoms with Gasteiger partial charge < -0.3 is 15.4 Å². The standard InChI is InChI=1S/C24H30N2O4/c1-14(2)21(26-23(28)19-10-8-7-9-16(19)4)24(29)30-18(6)22(27)25-20-12-11-15(3)13-17(20)5/h7-14,18,21H,1-6H3,(H,25,27)(H,26,28)/t18-,21+/m1/s1. The molecule has 2 rings (SSSR count). The number of anilines is 1. The van der Waals surface area contributed by atoms with Crippen molar-refractivity contribution in [1.82, 2.24) is 5.32 Å². The zero-order valence-electron chi connectivity index (χ0n) is 18.4. The molecule has 0 saturated carbocycles. The molecule has 0 aliphatic rings. The molecule has 0 fully saturated rings. The molecule has 0 aromatic heterocycles. The third kappa shape index (κ3) is 5.92. The minimum absolute atomic E-state index is 0.208. The number of benzene rings is 2. The fraction of sp³-hybridized carbons (Fsp3) is 0.375. The first-order valence-electron chi connectivity index (χ1n) is 10.0. The Labute approximate surface area is 178 Å². The summed E-state index contributed by atoms with van der Waals surface area (Å²) in [5, 5.41) is 5.52. The summed E-state index contributed by atoms with van der Waals surface area (Å²) < 4.78 is 5.37. The summed E-state index contributed by atoms with van der Waals surface area (Å²) in [5.74, 6) is -1.63. The van der Waals surface area contributed by atoms with Crippen LogP contribution in [0.15, 0.2) is 42.5 Å². The van der Waals surface area contributed by atoms with Crippen molar-refractivity contribution in [2.75, 3.05) is 5.32 Å². The fourth-order valence-corrected chi connectivity index (χ4v) is 3.03. The van der Waals surface area contributed by atoms with Gasteiger partial charge in [0.2, 0.25) is 0 Å². The lowest BCUT2D eigenvalue weighted by molar-refractivity contribution is -0.156. The van der Waals surface area contributed by atoms with E-state index in [2.05, 4.69) is 10.6 Å². The van der Waals surface area contributed by atoms with Crippen molar-refractivity contribution in [3.63, 3.8) is 0 Å². The molecule has 2 aromatic rings. The van der Waals surface area contributed by atoms with Gasteiger partial charge >= 0.3 is 5.97 Å². The largest absolute Gasteiger partial charge is 0.451 e. The van der Waals surface area contributed by atoms with E-state index in [0.29, 0.717) is 11.3 Å². The number of carbonyl (C=O) groups excluding carboxylic acids is 3. The second kappa shape index (κ2) is 10.1. The Morgan fingerprint density at radius 2 is 1.57 bits per heavy atom. The van der Waals surface area contributed by atoms with Crippen LogP contribution in [0.3, 0.4) is 0 Å². The number of aryl methyl sites for hydroxylation is 3. The second-order valence-electron chi connectivity index (χ2n) is 7.90. The van der Waals surface area contributed by atoms with Crippen LogP contribution in [0.5, 0.6) is 0 Å². The summed E-state index contributed by atoms with van der Waals surface area (Å²) in [6.07, 6.45) is -1.00. The molecule has 2 amide bonds. The van der Waals surface area contributed by atoms with Gasteiger partial charge in [-0.2, -0.15) is 0 Å². The van der Waals surface area contributed by atoms with Crippen LogP contribution in [0.25, 0.3) is 0 Å². The van der Waals surface area contributed by atoms with E-state index in [0.717, 1.165) is 16.7 Å². The predicted molar refractivity (Wildman–Crippen MR) is 117 cm³/mol. The first kappa shape index (κ1) is 23.1. The summed E-state index contributed by atoms with van der Waals surface area (Å²) in [5.41, 5.74) is 3.99. The molecule has 0 unspecified atom stereocenters. The molecule has 160 valence electrons. The SMILES string of the molecule is Cc1ccc(NC(=O)[C@@H](C)OC(=O)[C@@H](NC(=O)c2ccccc2C)C(C)C)c(C)c1. The summed E-state index contributed by atoms with van der Waals surface area (Å²) in [6, 6.07) is 12.0. The molecule has 6 heteroatoms. The van der Waals surface area contributed by atoms with E-state index < -0.39 is 24.0 Å². The number of ether oxygens (including phenoxy) is 1. The summed E-state index contributed by atoms with van der Waals surface area (Å²) in [6.45, 7) is 10.8. The number of hydrogen-bond acceptors (Lipinski definition) is 4. The zero-order chi connectivity index (χ0) is 22.4. The number of esters is 1. The van der Waals surface area contributed by atoms with Gasteiger partial charge in [0.05, 0.1) is 0 Å². The lowest BCUT2D eigenvalue weighted by atomic mass is 10.0. The van der Waals surface area contributed by atoms with Gasteiger partial charge in [-0.3, -0.25) is 9.59 Å². The van der Waals surface area contributed by atoms with E-state index >= 15 is 0 Å². The minimum Gasteiger partial charge on any atom is -0.451 e. The van der Waals surface area contributed by atoms with Crippen LogP contribution in [0.2, 0.25) is 0 Å². The molecule has 2 atom stereocenters. The molecule has 0 radical (unpaired) electrons. The number of rotatable bonds is 7. The molecule has 0 heterocycles. The van der Waals surface area contributed by atoms with Crippen LogP contribution in [-0.4, -0.2) is 29.9 Å². The molecule has 0 spiro atoms. The molecule has 6 nitrogen and oxygen atoms in total. The van der Waals surface area contributed by atoms with Gasteiger partial charge in [0, 0.05) is 11.3 Å². The van der Waals surface area contributed by atoms with Gasteiger partial charge in [-0.1, -0.05) is 49.7 Å². The van der Waals surface area contributed by atoms with Crippen molar-refractivity contribution in [2.24, 2.45) is 5.92 Å². The van der Waals surface area contributed by atoms with Crippen molar-refractivity contribution < 1.29 is 19.1 Å². The number of hydrogen-bond donors (Lipinski definition) is 2.